The number of amides is 1. The zero-order chi connectivity index (χ0) is 16.2. The molecule has 1 N–H and O–H groups in total. The second-order valence-corrected chi connectivity index (χ2v) is 5.90. The van der Waals surface area contributed by atoms with Crippen molar-refractivity contribution < 1.29 is 23.8 Å². The molecular formula is C16H15NO5S. The average molecular weight is 333 g/mol. The van der Waals surface area contributed by atoms with Gasteiger partial charge in [-0.2, -0.15) is 0 Å². The van der Waals surface area contributed by atoms with Gasteiger partial charge in [0, 0.05) is 0 Å². The molecule has 0 fully saturated rings. The largest absolute Gasteiger partial charge is 0.454 e. The van der Waals surface area contributed by atoms with Crippen molar-refractivity contribution in [1.82, 2.24) is 5.32 Å². The summed E-state index contributed by atoms with van der Waals surface area (Å²) in [5.74, 6) is 0.496. The van der Waals surface area contributed by atoms with Gasteiger partial charge in [-0.1, -0.05) is 12.1 Å². The Morgan fingerprint density at radius 1 is 1.30 bits per heavy atom. The first kappa shape index (κ1) is 15.4. The molecule has 0 saturated heterocycles. The van der Waals surface area contributed by atoms with Gasteiger partial charge < -0.3 is 19.5 Å². The van der Waals surface area contributed by atoms with Crippen LogP contribution in [0.1, 0.15) is 28.2 Å². The Bertz CT molecular complexity index is 713. The molecule has 120 valence electrons. The minimum atomic E-state index is -0.495. The van der Waals surface area contributed by atoms with Gasteiger partial charge in [0.15, 0.2) is 18.1 Å². The van der Waals surface area contributed by atoms with Gasteiger partial charge in [-0.25, -0.2) is 4.79 Å². The quantitative estimate of drug-likeness (QED) is 0.851. The molecule has 0 aliphatic carbocycles. The van der Waals surface area contributed by atoms with Gasteiger partial charge in [0.05, 0.1) is 6.04 Å². The highest BCUT2D eigenvalue weighted by Crippen LogP contribution is 2.34. The average Bonchev–Trinajstić information content (AvgIpc) is 3.22. The second kappa shape index (κ2) is 6.70. The van der Waals surface area contributed by atoms with Crippen molar-refractivity contribution in [1.29, 1.82) is 0 Å². The molecule has 0 saturated carbocycles. The summed E-state index contributed by atoms with van der Waals surface area (Å²) in [6, 6.07) is 8.65. The van der Waals surface area contributed by atoms with Crippen LogP contribution in [0.15, 0.2) is 35.7 Å². The number of rotatable bonds is 5. The number of fused-ring (bicyclic) bond motifs is 1. The van der Waals surface area contributed by atoms with Crippen molar-refractivity contribution in [2.45, 2.75) is 13.0 Å². The number of carbonyl (C=O) groups excluding carboxylic acids is 2. The number of hydrogen-bond acceptors (Lipinski definition) is 6. The first-order valence-electron chi connectivity index (χ1n) is 7.03. The molecule has 1 unspecified atom stereocenters. The van der Waals surface area contributed by atoms with E-state index in [-0.39, 0.29) is 25.3 Å². The van der Waals surface area contributed by atoms with Crippen LogP contribution in [0.2, 0.25) is 0 Å². The fourth-order valence-corrected chi connectivity index (χ4v) is 2.76. The Morgan fingerprint density at radius 3 is 2.91 bits per heavy atom. The van der Waals surface area contributed by atoms with Crippen LogP contribution in [0.25, 0.3) is 0 Å². The predicted octanol–water partition coefficient (Wildman–Crippen LogP) is 2.51. The van der Waals surface area contributed by atoms with Crippen LogP contribution < -0.4 is 14.8 Å². The standard InChI is InChI=1S/C16H15NO5S/c1-10(11-4-5-12-13(7-11)22-9-21-12)17-15(18)8-20-16(19)14-3-2-6-23-14/h2-7,10H,8-9H2,1H3,(H,17,18). The number of esters is 1. The molecule has 1 atom stereocenters. The van der Waals surface area contributed by atoms with E-state index in [1.807, 2.05) is 19.1 Å². The number of thiophene rings is 1. The Labute approximate surface area is 137 Å². The molecule has 2 aromatic rings. The van der Waals surface area contributed by atoms with E-state index >= 15 is 0 Å². The van der Waals surface area contributed by atoms with Crippen molar-refractivity contribution in [2.24, 2.45) is 0 Å². The third-order valence-electron chi connectivity index (χ3n) is 3.33. The summed E-state index contributed by atoms with van der Waals surface area (Å²) in [6.45, 7) is 1.74. The van der Waals surface area contributed by atoms with E-state index in [4.69, 9.17) is 14.2 Å². The minimum Gasteiger partial charge on any atom is -0.454 e. The molecule has 0 bridgehead atoms. The van der Waals surface area contributed by atoms with Gasteiger partial charge in [-0.05, 0) is 36.1 Å². The first-order valence-corrected chi connectivity index (χ1v) is 7.91. The van der Waals surface area contributed by atoms with Crippen LogP contribution in [0, 0.1) is 0 Å². The Morgan fingerprint density at radius 2 is 2.13 bits per heavy atom. The molecule has 2 heterocycles. The molecule has 1 aliphatic rings. The Kier molecular flexibility index (Phi) is 4.47. The van der Waals surface area contributed by atoms with Gasteiger partial charge in [-0.15, -0.1) is 11.3 Å². The summed E-state index contributed by atoms with van der Waals surface area (Å²) in [4.78, 5) is 24.0. The zero-order valence-electron chi connectivity index (χ0n) is 12.4. The topological polar surface area (TPSA) is 73.9 Å². The number of benzene rings is 1. The molecule has 1 amide bonds. The van der Waals surface area contributed by atoms with Crippen molar-refractivity contribution >= 4 is 23.2 Å². The number of nitrogens with one attached hydrogen (secondary N) is 1. The van der Waals surface area contributed by atoms with Crippen molar-refractivity contribution in [3.8, 4) is 11.5 Å². The van der Waals surface area contributed by atoms with E-state index in [0.717, 1.165) is 5.56 Å². The van der Waals surface area contributed by atoms with Gasteiger partial charge in [-0.3, -0.25) is 4.79 Å². The molecule has 0 radical (unpaired) electrons. The monoisotopic (exact) mass is 333 g/mol. The lowest BCUT2D eigenvalue weighted by atomic mass is 10.1. The third-order valence-corrected chi connectivity index (χ3v) is 4.18. The zero-order valence-corrected chi connectivity index (χ0v) is 13.2. The van der Waals surface area contributed by atoms with Crippen LogP contribution in [-0.2, 0) is 9.53 Å². The predicted molar refractivity (Wildman–Crippen MR) is 83.7 cm³/mol. The second-order valence-electron chi connectivity index (χ2n) is 4.96. The van der Waals surface area contributed by atoms with E-state index in [1.54, 1.807) is 23.6 Å². The molecule has 23 heavy (non-hydrogen) atoms. The maximum atomic E-state index is 11.9. The van der Waals surface area contributed by atoms with E-state index < -0.39 is 5.97 Å². The van der Waals surface area contributed by atoms with Gasteiger partial charge in [0.2, 0.25) is 6.79 Å². The fraction of sp³-hybridized carbons (Fsp3) is 0.250. The maximum Gasteiger partial charge on any atom is 0.348 e. The van der Waals surface area contributed by atoms with Crippen LogP contribution in [-0.4, -0.2) is 25.3 Å². The SMILES string of the molecule is CC(NC(=O)COC(=O)c1cccs1)c1ccc2c(c1)OCO2. The summed E-state index contributed by atoms with van der Waals surface area (Å²) in [6.07, 6.45) is 0. The molecule has 1 aromatic carbocycles. The highest BCUT2D eigenvalue weighted by atomic mass is 32.1. The smallest absolute Gasteiger partial charge is 0.348 e. The van der Waals surface area contributed by atoms with Crippen LogP contribution >= 0.6 is 11.3 Å². The number of ether oxygens (including phenoxy) is 3. The fourth-order valence-electron chi connectivity index (χ4n) is 2.15. The van der Waals surface area contributed by atoms with E-state index in [2.05, 4.69) is 5.32 Å². The molecule has 1 aliphatic heterocycles. The summed E-state index contributed by atoms with van der Waals surface area (Å²) in [5, 5.41) is 4.56. The summed E-state index contributed by atoms with van der Waals surface area (Å²) >= 11 is 1.27. The maximum absolute atomic E-state index is 11.9. The third kappa shape index (κ3) is 3.62. The van der Waals surface area contributed by atoms with Crippen LogP contribution in [0.4, 0.5) is 0 Å². The van der Waals surface area contributed by atoms with Crippen molar-refractivity contribution in [3.63, 3.8) is 0 Å². The van der Waals surface area contributed by atoms with Gasteiger partial charge >= 0.3 is 5.97 Å². The minimum absolute atomic E-state index is 0.207. The van der Waals surface area contributed by atoms with Crippen molar-refractivity contribution in [3.05, 3.63) is 46.2 Å². The Hall–Kier alpha value is -2.54. The Balaban J connectivity index is 1.52. The highest BCUT2D eigenvalue weighted by molar-refractivity contribution is 7.11. The van der Waals surface area contributed by atoms with Gasteiger partial charge in [0.25, 0.3) is 5.91 Å². The first-order chi connectivity index (χ1) is 11.1. The van der Waals surface area contributed by atoms with E-state index in [0.29, 0.717) is 16.4 Å². The van der Waals surface area contributed by atoms with Crippen molar-refractivity contribution in [2.75, 3.05) is 13.4 Å². The summed E-state index contributed by atoms with van der Waals surface area (Å²) < 4.78 is 15.5. The normalized spacial score (nSPS) is 13.4. The molecular weight excluding hydrogens is 318 g/mol. The molecule has 0 spiro atoms. The number of carbonyl (C=O) groups is 2. The molecule has 1 aromatic heterocycles. The van der Waals surface area contributed by atoms with E-state index in [9.17, 15) is 9.59 Å². The summed E-state index contributed by atoms with van der Waals surface area (Å²) in [7, 11) is 0. The number of hydrogen-bond donors (Lipinski definition) is 1. The molecule has 7 heteroatoms. The molecule has 6 nitrogen and oxygen atoms in total. The van der Waals surface area contributed by atoms with Crippen LogP contribution in [0.5, 0.6) is 11.5 Å². The lowest BCUT2D eigenvalue weighted by Gasteiger charge is -2.14. The lowest BCUT2D eigenvalue weighted by molar-refractivity contribution is -0.124. The lowest BCUT2D eigenvalue weighted by Crippen LogP contribution is -2.31. The molecule has 3 rings (SSSR count). The van der Waals surface area contributed by atoms with Crippen LogP contribution in [0.3, 0.4) is 0 Å². The summed E-state index contributed by atoms with van der Waals surface area (Å²) in [5.41, 5.74) is 0.882. The van der Waals surface area contributed by atoms with E-state index in [1.165, 1.54) is 11.3 Å². The highest BCUT2D eigenvalue weighted by Gasteiger charge is 2.17. The van der Waals surface area contributed by atoms with Gasteiger partial charge in [0.1, 0.15) is 4.88 Å².